The summed E-state index contributed by atoms with van der Waals surface area (Å²) in [5.74, 6) is 4.05. The lowest BCUT2D eigenvalue weighted by atomic mass is 10.0. The van der Waals surface area contributed by atoms with Crippen molar-refractivity contribution in [1.29, 1.82) is 0 Å². The molecular formula is C16H28N4. The van der Waals surface area contributed by atoms with Gasteiger partial charge in [-0.1, -0.05) is 27.7 Å². The van der Waals surface area contributed by atoms with Crippen LogP contribution in [0.25, 0.3) is 0 Å². The van der Waals surface area contributed by atoms with Crippen molar-refractivity contribution in [2.45, 2.75) is 52.9 Å². The standard InChI is InChI=1S/C16H28N4/c1-5-8-17-15-14(11(2)3)16(20-10-19-15)18-9-12(4)13-6-7-13/h10-13H,5-9H2,1-4H3,(H2,17,18,19,20). The van der Waals surface area contributed by atoms with E-state index in [-0.39, 0.29) is 0 Å². The summed E-state index contributed by atoms with van der Waals surface area (Å²) in [7, 11) is 0. The van der Waals surface area contributed by atoms with Crippen LogP contribution in [-0.4, -0.2) is 23.1 Å². The van der Waals surface area contributed by atoms with Crippen LogP contribution in [0.2, 0.25) is 0 Å². The van der Waals surface area contributed by atoms with Crippen LogP contribution in [-0.2, 0) is 0 Å². The molecule has 20 heavy (non-hydrogen) atoms. The molecule has 1 aromatic rings. The molecule has 0 amide bonds. The van der Waals surface area contributed by atoms with Gasteiger partial charge in [0.1, 0.15) is 18.0 Å². The van der Waals surface area contributed by atoms with E-state index in [1.54, 1.807) is 6.33 Å². The highest BCUT2D eigenvalue weighted by Crippen LogP contribution is 2.37. The Morgan fingerprint density at radius 1 is 1.15 bits per heavy atom. The van der Waals surface area contributed by atoms with E-state index in [1.807, 2.05) is 0 Å². The quantitative estimate of drug-likeness (QED) is 0.756. The van der Waals surface area contributed by atoms with Gasteiger partial charge in [0.15, 0.2) is 0 Å². The van der Waals surface area contributed by atoms with Gasteiger partial charge < -0.3 is 10.6 Å². The second-order valence-electron chi connectivity index (χ2n) is 6.26. The largest absolute Gasteiger partial charge is 0.370 e. The van der Waals surface area contributed by atoms with Gasteiger partial charge in [-0.05, 0) is 37.0 Å². The van der Waals surface area contributed by atoms with Crippen molar-refractivity contribution in [2.24, 2.45) is 11.8 Å². The van der Waals surface area contributed by atoms with Crippen molar-refractivity contribution in [1.82, 2.24) is 9.97 Å². The van der Waals surface area contributed by atoms with Crippen molar-refractivity contribution < 1.29 is 0 Å². The first-order valence-electron chi connectivity index (χ1n) is 7.96. The van der Waals surface area contributed by atoms with E-state index >= 15 is 0 Å². The molecule has 1 aliphatic rings. The zero-order valence-electron chi connectivity index (χ0n) is 13.2. The second-order valence-corrected chi connectivity index (χ2v) is 6.26. The van der Waals surface area contributed by atoms with Crippen molar-refractivity contribution in [3.8, 4) is 0 Å². The zero-order chi connectivity index (χ0) is 14.5. The van der Waals surface area contributed by atoms with Crippen molar-refractivity contribution in [3.63, 3.8) is 0 Å². The van der Waals surface area contributed by atoms with Gasteiger partial charge in [-0.2, -0.15) is 0 Å². The summed E-state index contributed by atoms with van der Waals surface area (Å²) >= 11 is 0. The van der Waals surface area contributed by atoms with Crippen molar-refractivity contribution >= 4 is 11.6 Å². The highest BCUT2D eigenvalue weighted by molar-refractivity contribution is 5.59. The molecule has 1 aliphatic carbocycles. The van der Waals surface area contributed by atoms with Crippen LogP contribution in [0, 0.1) is 11.8 Å². The predicted octanol–water partition coefficient (Wildman–Crippen LogP) is 3.88. The van der Waals surface area contributed by atoms with Crippen LogP contribution in [0.4, 0.5) is 11.6 Å². The molecule has 0 saturated heterocycles. The van der Waals surface area contributed by atoms with Crippen molar-refractivity contribution in [3.05, 3.63) is 11.9 Å². The van der Waals surface area contributed by atoms with E-state index < -0.39 is 0 Å². The first-order chi connectivity index (χ1) is 9.63. The van der Waals surface area contributed by atoms with Gasteiger partial charge in [-0.15, -0.1) is 0 Å². The Balaban J connectivity index is 2.08. The van der Waals surface area contributed by atoms with E-state index in [9.17, 15) is 0 Å². The number of rotatable bonds is 8. The van der Waals surface area contributed by atoms with Crippen LogP contribution in [0.1, 0.15) is 58.4 Å². The zero-order valence-corrected chi connectivity index (χ0v) is 13.2. The number of hydrogen-bond donors (Lipinski definition) is 2. The van der Waals surface area contributed by atoms with Gasteiger partial charge in [-0.3, -0.25) is 0 Å². The van der Waals surface area contributed by atoms with Gasteiger partial charge >= 0.3 is 0 Å². The molecule has 1 heterocycles. The monoisotopic (exact) mass is 276 g/mol. The molecular weight excluding hydrogens is 248 g/mol. The highest BCUT2D eigenvalue weighted by atomic mass is 15.1. The molecule has 1 unspecified atom stereocenters. The Kier molecular flexibility index (Phi) is 5.21. The normalized spacial score (nSPS) is 16.2. The minimum Gasteiger partial charge on any atom is -0.370 e. The fraction of sp³-hybridized carbons (Fsp3) is 0.750. The van der Waals surface area contributed by atoms with Gasteiger partial charge in [-0.25, -0.2) is 9.97 Å². The van der Waals surface area contributed by atoms with Crippen LogP contribution in [0.3, 0.4) is 0 Å². The summed E-state index contributed by atoms with van der Waals surface area (Å²) in [6.45, 7) is 10.9. The molecule has 4 heteroatoms. The molecule has 2 N–H and O–H groups in total. The second kappa shape index (κ2) is 6.91. The van der Waals surface area contributed by atoms with E-state index in [2.05, 4.69) is 48.3 Å². The lowest BCUT2D eigenvalue weighted by molar-refractivity contribution is 0.535. The van der Waals surface area contributed by atoms with Gasteiger partial charge in [0.05, 0.1) is 0 Å². The number of anilines is 2. The van der Waals surface area contributed by atoms with Gasteiger partial charge in [0.25, 0.3) is 0 Å². The Bertz CT molecular complexity index is 426. The molecule has 1 atom stereocenters. The van der Waals surface area contributed by atoms with Crippen LogP contribution >= 0.6 is 0 Å². The maximum Gasteiger partial charge on any atom is 0.134 e. The van der Waals surface area contributed by atoms with E-state index in [0.717, 1.165) is 43.0 Å². The van der Waals surface area contributed by atoms with Gasteiger partial charge in [0.2, 0.25) is 0 Å². The minimum absolute atomic E-state index is 0.411. The molecule has 1 saturated carbocycles. The maximum absolute atomic E-state index is 4.46. The predicted molar refractivity (Wildman–Crippen MR) is 85.3 cm³/mol. The number of aromatic nitrogens is 2. The molecule has 112 valence electrons. The Hall–Kier alpha value is -1.32. The third-order valence-corrected chi connectivity index (χ3v) is 4.02. The molecule has 1 aromatic heterocycles. The summed E-state index contributed by atoms with van der Waals surface area (Å²) in [6, 6.07) is 0. The number of nitrogens with one attached hydrogen (secondary N) is 2. The van der Waals surface area contributed by atoms with E-state index in [1.165, 1.54) is 18.4 Å². The summed E-state index contributed by atoms with van der Waals surface area (Å²) in [4.78, 5) is 8.87. The molecule has 0 radical (unpaired) electrons. The molecule has 0 bridgehead atoms. The summed E-state index contributed by atoms with van der Waals surface area (Å²) in [6.07, 6.45) is 5.55. The third-order valence-electron chi connectivity index (χ3n) is 4.02. The Labute approximate surface area is 122 Å². The van der Waals surface area contributed by atoms with Crippen LogP contribution in [0.5, 0.6) is 0 Å². The van der Waals surface area contributed by atoms with Crippen LogP contribution < -0.4 is 10.6 Å². The molecule has 0 aromatic carbocycles. The topological polar surface area (TPSA) is 49.8 Å². The smallest absolute Gasteiger partial charge is 0.134 e. The van der Waals surface area contributed by atoms with Gasteiger partial charge in [0, 0.05) is 18.7 Å². The SMILES string of the molecule is CCCNc1ncnc(NCC(C)C2CC2)c1C(C)C. The average molecular weight is 276 g/mol. The fourth-order valence-corrected chi connectivity index (χ4v) is 2.56. The minimum atomic E-state index is 0.411. The molecule has 4 nitrogen and oxygen atoms in total. The van der Waals surface area contributed by atoms with Crippen molar-refractivity contribution in [2.75, 3.05) is 23.7 Å². The lowest BCUT2D eigenvalue weighted by Crippen LogP contribution is -2.17. The lowest BCUT2D eigenvalue weighted by Gasteiger charge is -2.19. The highest BCUT2D eigenvalue weighted by Gasteiger charge is 2.27. The average Bonchev–Trinajstić information content (AvgIpc) is 3.26. The summed E-state index contributed by atoms with van der Waals surface area (Å²) < 4.78 is 0. The summed E-state index contributed by atoms with van der Waals surface area (Å²) in [5, 5.41) is 6.96. The van der Waals surface area contributed by atoms with E-state index in [4.69, 9.17) is 0 Å². The first kappa shape index (κ1) is 15.1. The van der Waals surface area contributed by atoms with Crippen LogP contribution in [0.15, 0.2) is 6.33 Å². The Morgan fingerprint density at radius 2 is 1.80 bits per heavy atom. The maximum atomic E-state index is 4.46. The fourth-order valence-electron chi connectivity index (χ4n) is 2.56. The number of hydrogen-bond acceptors (Lipinski definition) is 4. The number of nitrogens with zero attached hydrogens (tertiary/aromatic N) is 2. The molecule has 0 spiro atoms. The first-order valence-corrected chi connectivity index (χ1v) is 7.96. The molecule has 0 aliphatic heterocycles. The Morgan fingerprint density at radius 3 is 2.35 bits per heavy atom. The molecule has 2 rings (SSSR count). The van der Waals surface area contributed by atoms with E-state index in [0.29, 0.717) is 5.92 Å². The molecule has 1 fully saturated rings. The summed E-state index contributed by atoms with van der Waals surface area (Å²) in [5.41, 5.74) is 1.21. The third kappa shape index (κ3) is 3.84.